The summed E-state index contributed by atoms with van der Waals surface area (Å²) in [7, 11) is 0. The molecule has 4 heteroatoms. The summed E-state index contributed by atoms with van der Waals surface area (Å²) in [5, 5.41) is 3.14. The molecule has 0 aliphatic carbocycles. The van der Waals surface area contributed by atoms with E-state index in [-0.39, 0.29) is 11.8 Å². The van der Waals surface area contributed by atoms with E-state index in [4.69, 9.17) is 4.74 Å². The molecule has 1 N–H and O–H groups in total. The second kappa shape index (κ2) is 7.11. The summed E-state index contributed by atoms with van der Waals surface area (Å²) in [6, 6.07) is 5.36. The van der Waals surface area contributed by atoms with Crippen LogP contribution in [0.15, 0.2) is 24.3 Å². The molecule has 1 rings (SSSR count). The number of hydrogen-bond acceptors (Lipinski definition) is 3. The standard InChI is InChI=1S/C14H20FNO2/c1-4-18-14(17)13(16-9-10(2)3)11-5-7-12(15)8-6-11/h5-8,10,13,16H,4,9H2,1-3H3. The average Bonchev–Trinajstić information content (AvgIpc) is 2.31. The van der Waals surface area contributed by atoms with E-state index in [1.54, 1.807) is 19.1 Å². The first-order chi connectivity index (χ1) is 8.54. The highest BCUT2D eigenvalue weighted by Crippen LogP contribution is 2.16. The van der Waals surface area contributed by atoms with E-state index in [1.807, 2.05) is 0 Å². The van der Waals surface area contributed by atoms with E-state index in [0.29, 0.717) is 19.1 Å². The van der Waals surface area contributed by atoms with Gasteiger partial charge in [0.15, 0.2) is 0 Å². The van der Waals surface area contributed by atoms with Crippen molar-refractivity contribution >= 4 is 5.97 Å². The summed E-state index contributed by atoms with van der Waals surface area (Å²) < 4.78 is 17.9. The van der Waals surface area contributed by atoms with Crippen LogP contribution in [0.2, 0.25) is 0 Å². The van der Waals surface area contributed by atoms with Gasteiger partial charge in [0.05, 0.1) is 6.61 Å². The molecule has 0 heterocycles. The van der Waals surface area contributed by atoms with Gasteiger partial charge in [-0.2, -0.15) is 0 Å². The second-order valence-electron chi connectivity index (χ2n) is 4.54. The van der Waals surface area contributed by atoms with E-state index < -0.39 is 6.04 Å². The van der Waals surface area contributed by atoms with Crippen LogP contribution in [-0.4, -0.2) is 19.1 Å². The first kappa shape index (κ1) is 14.6. The van der Waals surface area contributed by atoms with Crippen molar-refractivity contribution in [3.63, 3.8) is 0 Å². The lowest BCUT2D eigenvalue weighted by Crippen LogP contribution is -2.32. The molecule has 0 saturated heterocycles. The smallest absolute Gasteiger partial charge is 0.327 e. The quantitative estimate of drug-likeness (QED) is 0.792. The van der Waals surface area contributed by atoms with Crippen LogP contribution in [0.5, 0.6) is 0 Å². The largest absolute Gasteiger partial charge is 0.465 e. The number of carbonyl (C=O) groups excluding carboxylic acids is 1. The van der Waals surface area contributed by atoms with Crippen LogP contribution < -0.4 is 5.32 Å². The van der Waals surface area contributed by atoms with Crippen molar-refractivity contribution in [1.82, 2.24) is 5.32 Å². The highest BCUT2D eigenvalue weighted by molar-refractivity contribution is 5.77. The first-order valence-electron chi connectivity index (χ1n) is 6.20. The van der Waals surface area contributed by atoms with Crippen molar-refractivity contribution in [2.75, 3.05) is 13.2 Å². The van der Waals surface area contributed by atoms with Crippen LogP contribution in [-0.2, 0) is 9.53 Å². The number of ether oxygens (including phenoxy) is 1. The molecule has 3 nitrogen and oxygen atoms in total. The third-order valence-electron chi connectivity index (χ3n) is 2.46. The van der Waals surface area contributed by atoms with Crippen LogP contribution in [0.25, 0.3) is 0 Å². The van der Waals surface area contributed by atoms with Crippen LogP contribution in [0, 0.1) is 11.7 Å². The van der Waals surface area contributed by atoms with E-state index in [0.717, 1.165) is 5.56 Å². The van der Waals surface area contributed by atoms with Crippen LogP contribution >= 0.6 is 0 Å². The molecule has 1 unspecified atom stereocenters. The molecule has 0 bridgehead atoms. The Morgan fingerprint density at radius 2 is 1.94 bits per heavy atom. The van der Waals surface area contributed by atoms with Crippen LogP contribution in [0.3, 0.4) is 0 Å². The highest BCUT2D eigenvalue weighted by Gasteiger charge is 2.21. The number of halogens is 1. The molecule has 0 aliphatic rings. The number of carbonyl (C=O) groups is 1. The van der Waals surface area contributed by atoms with Crippen molar-refractivity contribution < 1.29 is 13.9 Å². The summed E-state index contributed by atoms with van der Waals surface area (Å²) in [5.41, 5.74) is 0.718. The lowest BCUT2D eigenvalue weighted by molar-refractivity contribution is -0.145. The molecule has 0 aromatic heterocycles. The van der Waals surface area contributed by atoms with Gasteiger partial charge in [0.1, 0.15) is 11.9 Å². The molecule has 0 fully saturated rings. The Balaban J connectivity index is 2.82. The summed E-state index contributed by atoms with van der Waals surface area (Å²) in [6.07, 6.45) is 0. The molecular weight excluding hydrogens is 233 g/mol. The van der Waals surface area contributed by atoms with Gasteiger partial charge in [0, 0.05) is 0 Å². The molecule has 0 saturated carbocycles. The maximum Gasteiger partial charge on any atom is 0.327 e. The minimum absolute atomic E-state index is 0.315. The lowest BCUT2D eigenvalue weighted by Gasteiger charge is -2.18. The first-order valence-corrected chi connectivity index (χ1v) is 6.20. The molecule has 0 spiro atoms. The third kappa shape index (κ3) is 4.45. The van der Waals surface area contributed by atoms with Gasteiger partial charge in [-0.05, 0) is 37.1 Å². The third-order valence-corrected chi connectivity index (χ3v) is 2.46. The highest BCUT2D eigenvalue weighted by atomic mass is 19.1. The fourth-order valence-electron chi connectivity index (χ4n) is 1.57. The fraction of sp³-hybridized carbons (Fsp3) is 0.500. The van der Waals surface area contributed by atoms with Gasteiger partial charge in [-0.1, -0.05) is 26.0 Å². The van der Waals surface area contributed by atoms with Gasteiger partial charge >= 0.3 is 5.97 Å². The Morgan fingerprint density at radius 3 is 2.44 bits per heavy atom. The molecule has 1 aromatic rings. The number of benzene rings is 1. The number of esters is 1. The number of hydrogen-bond donors (Lipinski definition) is 1. The Kier molecular flexibility index (Phi) is 5.78. The van der Waals surface area contributed by atoms with Gasteiger partial charge in [0.2, 0.25) is 0 Å². The van der Waals surface area contributed by atoms with Gasteiger partial charge in [-0.15, -0.1) is 0 Å². The van der Waals surface area contributed by atoms with Crippen LogP contribution in [0.4, 0.5) is 4.39 Å². The predicted molar refractivity (Wildman–Crippen MR) is 68.6 cm³/mol. The molecule has 1 atom stereocenters. The molecule has 18 heavy (non-hydrogen) atoms. The lowest BCUT2D eigenvalue weighted by atomic mass is 10.1. The molecule has 100 valence electrons. The maximum absolute atomic E-state index is 12.9. The van der Waals surface area contributed by atoms with Gasteiger partial charge in [0.25, 0.3) is 0 Å². The monoisotopic (exact) mass is 253 g/mol. The van der Waals surface area contributed by atoms with E-state index in [2.05, 4.69) is 19.2 Å². The molecule has 1 aromatic carbocycles. The molecule has 0 aliphatic heterocycles. The van der Waals surface area contributed by atoms with Gasteiger partial charge in [-0.25, -0.2) is 9.18 Å². The van der Waals surface area contributed by atoms with E-state index in [9.17, 15) is 9.18 Å². The zero-order chi connectivity index (χ0) is 13.5. The normalized spacial score (nSPS) is 12.5. The summed E-state index contributed by atoms with van der Waals surface area (Å²) in [4.78, 5) is 11.9. The van der Waals surface area contributed by atoms with Crippen molar-refractivity contribution in [2.24, 2.45) is 5.92 Å². The second-order valence-corrected chi connectivity index (χ2v) is 4.54. The molecule has 0 radical (unpaired) electrons. The van der Waals surface area contributed by atoms with Crippen molar-refractivity contribution in [1.29, 1.82) is 0 Å². The maximum atomic E-state index is 12.9. The SMILES string of the molecule is CCOC(=O)C(NCC(C)C)c1ccc(F)cc1. The summed E-state index contributed by atoms with van der Waals surface area (Å²) in [5.74, 6) is -0.225. The minimum atomic E-state index is -0.534. The predicted octanol–water partition coefficient (Wildman–Crippen LogP) is 2.68. The molecular formula is C14H20FNO2. The average molecular weight is 253 g/mol. The van der Waals surface area contributed by atoms with Crippen molar-refractivity contribution in [3.8, 4) is 0 Å². The zero-order valence-electron chi connectivity index (χ0n) is 11.1. The van der Waals surface area contributed by atoms with E-state index >= 15 is 0 Å². The van der Waals surface area contributed by atoms with Crippen LogP contribution in [0.1, 0.15) is 32.4 Å². The fourth-order valence-corrected chi connectivity index (χ4v) is 1.57. The summed E-state index contributed by atoms with van der Waals surface area (Å²) >= 11 is 0. The number of rotatable bonds is 6. The Labute approximate surface area is 107 Å². The zero-order valence-corrected chi connectivity index (χ0v) is 11.1. The minimum Gasteiger partial charge on any atom is -0.465 e. The van der Waals surface area contributed by atoms with Crippen molar-refractivity contribution in [2.45, 2.75) is 26.8 Å². The topological polar surface area (TPSA) is 38.3 Å². The Morgan fingerprint density at radius 1 is 1.33 bits per heavy atom. The van der Waals surface area contributed by atoms with E-state index in [1.165, 1.54) is 12.1 Å². The summed E-state index contributed by atoms with van der Waals surface area (Å²) in [6.45, 7) is 6.91. The Bertz CT molecular complexity index is 376. The molecule has 0 amide bonds. The number of nitrogens with one attached hydrogen (secondary N) is 1. The van der Waals surface area contributed by atoms with Gasteiger partial charge < -0.3 is 10.1 Å². The van der Waals surface area contributed by atoms with Crippen molar-refractivity contribution in [3.05, 3.63) is 35.6 Å². The Hall–Kier alpha value is -1.42. The van der Waals surface area contributed by atoms with Gasteiger partial charge in [-0.3, -0.25) is 0 Å².